The topological polar surface area (TPSA) is 103 Å². The molecule has 4 rings (SSSR count). The maximum Gasteiger partial charge on any atom is 0.250 e. The number of nitrogens with two attached hydrogens (primary N) is 1. The minimum absolute atomic E-state index is 0.170. The highest BCUT2D eigenvalue weighted by Gasteiger charge is 2.23. The van der Waals surface area contributed by atoms with Crippen molar-refractivity contribution in [3.63, 3.8) is 0 Å². The van der Waals surface area contributed by atoms with Crippen LogP contribution in [0.4, 0.5) is 5.69 Å². The fraction of sp³-hybridized carbons (Fsp3) is 0.333. The van der Waals surface area contributed by atoms with Crippen LogP contribution in [0.25, 0.3) is 0 Å². The second-order valence-corrected chi connectivity index (χ2v) is 8.91. The first kappa shape index (κ1) is 22.1. The van der Waals surface area contributed by atoms with Crippen molar-refractivity contribution in [1.82, 2.24) is 14.8 Å². The van der Waals surface area contributed by atoms with E-state index in [9.17, 15) is 9.59 Å². The Bertz CT molecular complexity index is 1080. The van der Waals surface area contributed by atoms with Gasteiger partial charge in [-0.25, -0.2) is 0 Å². The van der Waals surface area contributed by atoms with Gasteiger partial charge in [-0.1, -0.05) is 73.5 Å². The van der Waals surface area contributed by atoms with Crippen molar-refractivity contribution in [1.29, 1.82) is 0 Å². The van der Waals surface area contributed by atoms with E-state index in [4.69, 9.17) is 5.73 Å². The van der Waals surface area contributed by atoms with Crippen LogP contribution in [-0.4, -0.2) is 32.3 Å². The number of thioether (sulfide) groups is 1. The lowest BCUT2D eigenvalue weighted by Gasteiger charge is -2.25. The predicted octanol–water partition coefficient (Wildman–Crippen LogP) is 4.20. The molecule has 0 bridgehead atoms. The number of carbonyl (C=O) groups is 2. The maximum absolute atomic E-state index is 12.6. The Hall–Kier alpha value is -3.13. The summed E-state index contributed by atoms with van der Waals surface area (Å²) in [7, 11) is 0. The summed E-state index contributed by atoms with van der Waals surface area (Å²) in [6, 6.07) is 17.3. The van der Waals surface area contributed by atoms with Gasteiger partial charge in [0.25, 0.3) is 5.91 Å². The molecule has 32 heavy (non-hydrogen) atoms. The second-order valence-electron chi connectivity index (χ2n) is 7.97. The average molecular weight is 450 g/mol. The van der Waals surface area contributed by atoms with Gasteiger partial charge in [0, 0.05) is 12.5 Å². The Morgan fingerprint density at radius 1 is 1.00 bits per heavy atom. The number of nitrogens with zero attached hydrogens (tertiary/aromatic N) is 3. The number of hydrogen-bond acceptors (Lipinski definition) is 5. The lowest BCUT2D eigenvalue weighted by molar-refractivity contribution is -0.113. The van der Waals surface area contributed by atoms with Crippen LogP contribution in [0.3, 0.4) is 0 Å². The number of hydrogen-bond donors (Lipinski definition) is 2. The highest BCUT2D eigenvalue weighted by molar-refractivity contribution is 7.99. The van der Waals surface area contributed by atoms with Crippen molar-refractivity contribution in [3.8, 4) is 0 Å². The molecular formula is C24H27N5O2S. The third-order valence-corrected chi connectivity index (χ3v) is 6.62. The standard InChI is InChI=1S/C24H27N5O2S/c25-23(31)19-13-7-8-14-20(19)26-22(30)16-32-24-28-27-21(15-17-9-3-1-4-10-17)29(24)18-11-5-2-6-12-18/h1,3-4,7-10,13-14,18H,2,5-6,11-12,15-16H2,(H2,25,31)(H,26,30). The van der Waals surface area contributed by atoms with Crippen LogP contribution in [0.15, 0.2) is 59.8 Å². The van der Waals surface area contributed by atoms with Crippen LogP contribution in [0, 0.1) is 0 Å². The minimum atomic E-state index is -0.573. The predicted molar refractivity (Wildman–Crippen MR) is 126 cm³/mol. The van der Waals surface area contributed by atoms with Gasteiger partial charge in [0.2, 0.25) is 5.91 Å². The third kappa shape index (κ3) is 5.37. The number of amides is 2. The van der Waals surface area contributed by atoms with Crippen molar-refractivity contribution >= 4 is 29.3 Å². The molecule has 3 N–H and O–H groups in total. The van der Waals surface area contributed by atoms with E-state index in [1.165, 1.54) is 36.6 Å². The Labute approximate surface area is 191 Å². The summed E-state index contributed by atoms with van der Waals surface area (Å²) in [4.78, 5) is 24.2. The second kappa shape index (κ2) is 10.5. The first-order chi connectivity index (χ1) is 15.6. The van der Waals surface area contributed by atoms with Crippen molar-refractivity contribution < 1.29 is 9.59 Å². The number of aromatic nitrogens is 3. The normalized spacial score (nSPS) is 14.2. The smallest absolute Gasteiger partial charge is 0.250 e. The van der Waals surface area contributed by atoms with Crippen molar-refractivity contribution in [2.75, 3.05) is 11.1 Å². The van der Waals surface area contributed by atoms with E-state index < -0.39 is 5.91 Å². The third-order valence-electron chi connectivity index (χ3n) is 5.68. The van der Waals surface area contributed by atoms with E-state index in [0.29, 0.717) is 23.7 Å². The Morgan fingerprint density at radius 2 is 1.72 bits per heavy atom. The minimum Gasteiger partial charge on any atom is -0.366 e. The molecule has 8 heteroatoms. The van der Waals surface area contributed by atoms with Crippen LogP contribution in [0.5, 0.6) is 0 Å². The van der Waals surface area contributed by atoms with Crippen LogP contribution in [-0.2, 0) is 11.2 Å². The van der Waals surface area contributed by atoms with E-state index in [1.807, 2.05) is 18.2 Å². The summed E-state index contributed by atoms with van der Waals surface area (Å²) in [5.74, 6) is 0.316. The average Bonchev–Trinajstić information content (AvgIpc) is 3.21. The lowest BCUT2D eigenvalue weighted by atomic mass is 9.95. The summed E-state index contributed by atoms with van der Waals surface area (Å²) in [5.41, 5.74) is 7.31. The monoisotopic (exact) mass is 449 g/mol. The molecule has 1 aromatic heterocycles. The summed E-state index contributed by atoms with van der Waals surface area (Å²) in [6.07, 6.45) is 6.57. The van der Waals surface area contributed by atoms with Gasteiger partial charge in [-0.15, -0.1) is 10.2 Å². The van der Waals surface area contributed by atoms with Gasteiger partial charge < -0.3 is 15.6 Å². The first-order valence-corrected chi connectivity index (χ1v) is 11.9. The summed E-state index contributed by atoms with van der Waals surface area (Å²) < 4.78 is 2.24. The zero-order valence-corrected chi connectivity index (χ0v) is 18.7. The molecule has 0 spiro atoms. The molecule has 1 aliphatic rings. The number of nitrogens with one attached hydrogen (secondary N) is 1. The molecule has 1 heterocycles. The van der Waals surface area contributed by atoms with Gasteiger partial charge in [0.05, 0.1) is 17.0 Å². The zero-order chi connectivity index (χ0) is 22.3. The molecule has 0 radical (unpaired) electrons. The number of rotatable bonds is 8. The van der Waals surface area contributed by atoms with Crippen LogP contribution in [0.1, 0.15) is 59.9 Å². The van der Waals surface area contributed by atoms with Crippen molar-refractivity contribution in [3.05, 3.63) is 71.5 Å². The van der Waals surface area contributed by atoms with Gasteiger partial charge in [0.1, 0.15) is 5.82 Å². The van der Waals surface area contributed by atoms with E-state index in [-0.39, 0.29) is 11.7 Å². The SMILES string of the molecule is NC(=O)c1ccccc1NC(=O)CSc1nnc(Cc2ccccc2)n1C1CCCCC1. The van der Waals surface area contributed by atoms with Gasteiger partial charge in [-0.2, -0.15) is 0 Å². The lowest BCUT2D eigenvalue weighted by Crippen LogP contribution is -2.20. The molecule has 2 amide bonds. The number of benzene rings is 2. The number of carbonyl (C=O) groups excluding carboxylic acids is 2. The quantitative estimate of drug-likeness (QED) is 0.502. The fourth-order valence-corrected chi connectivity index (χ4v) is 4.96. The maximum atomic E-state index is 12.6. The first-order valence-electron chi connectivity index (χ1n) is 10.9. The van der Waals surface area contributed by atoms with Crippen LogP contribution >= 0.6 is 11.8 Å². The van der Waals surface area contributed by atoms with Gasteiger partial charge in [-0.3, -0.25) is 9.59 Å². The Balaban J connectivity index is 1.49. The van der Waals surface area contributed by atoms with Crippen molar-refractivity contribution in [2.45, 2.75) is 49.7 Å². The Kier molecular flexibility index (Phi) is 7.21. The molecule has 3 aromatic rings. The number of anilines is 1. The molecule has 1 saturated carbocycles. The molecular weight excluding hydrogens is 422 g/mol. The molecule has 0 unspecified atom stereocenters. The fourth-order valence-electron chi connectivity index (χ4n) is 4.13. The van der Waals surface area contributed by atoms with E-state index >= 15 is 0 Å². The van der Waals surface area contributed by atoms with Gasteiger partial charge >= 0.3 is 0 Å². The van der Waals surface area contributed by atoms with Crippen molar-refractivity contribution in [2.24, 2.45) is 5.73 Å². The highest BCUT2D eigenvalue weighted by atomic mass is 32.2. The van der Waals surface area contributed by atoms with Gasteiger partial charge in [0.15, 0.2) is 5.16 Å². The highest BCUT2D eigenvalue weighted by Crippen LogP contribution is 2.33. The number of primary amides is 1. The van der Waals surface area contributed by atoms with Crippen LogP contribution < -0.4 is 11.1 Å². The zero-order valence-electron chi connectivity index (χ0n) is 17.9. The molecule has 1 fully saturated rings. The summed E-state index contributed by atoms with van der Waals surface area (Å²) in [6.45, 7) is 0. The molecule has 7 nitrogen and oxygen atoms in total. The van der Waals surface area contributed by atoms with E-state index in [1.54, 1.807) is 24.3 Å². The van der Waals surface area contributed by atoms with E-state index in [2.05, 4.69) is 32.2 Å². The molecule has 2 aromatic carbocycles. The molecule has 166 valence electrons. The van der Waals surface area contributed by atoms with E-state index in [0.717, 1.165) is 23.8 Å². The summed E-state index contributed by atoms with van der Waals surface area (Å²) in [5, 5.41) is 12.5. The Morgan fingerprint density at radius 3 is 2.47 bits per heavy atom. The molecule has 0 aliphatic heterocycles. The molecule has 0 atom stereocenters. The largest absolute Gasteiger partial charge is 0.366 e. The molecule has 1 aliphatic carbocycles. The molecule has 0 saturated heterocycles. The summed E-state index contributed by atoms with van der Waals surface area (Å²) >= 11 is 1.37. The van der Waals surface area contributed by atoms with Crippen LogP contribution in [0.2, 0.25) is 0 Å². The van der Waals surface area contributed by atoms with Gasteiger partial charge in [-0.05, 0) is 30.5 Å². The number of para-hydroxylation sites is 1.